The van der Waals surface area contributed by atoms with E-state index in [-0.39, 0.29) is 30.9 Å². The van der Waals surface area contributed by atoms with Crippen molar-refractivity contribution in [1.82, 2.24) is 9.80 Å². The minimum absolute atomic E-state index is 0.0345. The van der Waals surface area contributed by atoms with Gasteiger partial charge in [-0.2, -0.15) is 0 Å². The van der Waals surface area contributed by atoms with Crippen molar-refractivity contribution in [3.05, 3.63) is 65.0 Å². The van der Waals surface area contributed by atoms with Crippen LogP contribution in [0.3, 0.4) is 0 Å². The number of methoxy groups -OCH3 is 1. The Morgan fingerprint density at radius 3 is 2.66 bits per heavy atom. The number of nitrogens with zero attached hydrogens (tertiary/aromatic N) is 2. The maximum absolute atomic E-state index is 14.2. The molecule has 2 aromatic rings. The molecular weight excluding hydrogens is 377 g/mol. The van der Waals surface area contributed by atoms with Crippen LogP contribution in [0.4, 0.5) is 14.9 Å². The number of anilines is 1. The fourth-order valence-corrected chi connectivity index (χ4v) is 3.89. The van der Waals surface area contributed by atoms with Crippen LogP contribution in [0.2, 0.25) is 0 Å². The first-order chi connectivity index (χ1) is 14.0. The topological polar surface area (TPSA) is 79.0 Å². The first-order valence-electron chi connectivity index (χ1n) is 9.29. The lowest BCUT2D eigenvalue weighted by atomic mass is 9.90. The van der Waals surface area contributed by atoms with Gasteiger partial charge in [-0.1, -0.05) is 12.1 Å². The maximum Gasteiger partial charge on any atom is 0.337 e. The number of halogens is 1. The molecule has 29 heavy (non-hydrogen) atoms. The highest BCUT2D eigenvalue weighted by atomic mass is 19.1. The summed E-state index contributed by atoms with van der Waals surface area (Å²) in [4.78, 5) is 40.0. The molecule has 4 rings (SSSR count). The van der Waals surface area contributed by atoms with E-state index in [0.717, 1.165) is 5.56 Å². The molecule has 0 radical (unpaired) electrons. The van der Waals surface area contributed by atoms with Crippen molar-refractivity contribution in [2.45, 2.75) is 12.5 Å². The Balaban J connectivity index is 1.50. The van der Waals surface area contributed by atoms with Crippen LogP contribution >= 0.6 is 0 Å². The summed E-state index contributed by atoms with van der Waals surface area (Å²) in [5.74, 6) is -0.901. The molecule has 2 aliphatic rings. The summed E-state index contributed by atoms with van der Waals surface area (Å²) in [6.45, 7) is 0.698. The van der Waals surface area contributed by atoms with Gasteiger partial charge in [0, 0.05) is 18.8 Å². The summed E-state index contributed by atoms with van der Waals surface area (Å²) in [5.41, 5.74) is 2.23. The Morgan fingerprint density at radius 1 is 1.17 bits per heavy atom. The van der Waals surface area contributed by atoms with Crippen molar-refractivity contribution in [1.29, 1.82) is 0 Å². The number of ether oxygens (including phenoxy) is 1. The maximum atomic E-state index is 14.2. The van der Waals surface area contributed by atoms with Gasteiger partial charge in [0.2, 0.25) is 5.91 Å². The predicted molar refractivity (Wildman–Crippen MR) is 103 cm³/mol. The van der Waals surface area contributed by atoms with Gasteiger partial charge in [-0.05, 0) is 47.9 Å². The van der Waals surface area contributed by atoms with Gasteiger partial charge < -0.3 is 19.9 Å². The second-order valence-electron chi connectivity index (χ2n) is 7.04. The summed E-state index contributed by atoms with van der Waals surface area (Å²) in [6, 6.07) is 10.4. The van der Waals surface area contributed by atoms with Crippen LogP contribution in [0.1, 0.15) is 27.5 Å². The van der Waals surface area contributed by atoms with E-state index in [4.69, 9.17) is 0 Å². The Morgan fingerprint density at radius 2 is 1.93 bits per heavy atom. The van der Waals surface area contributed by atoms with Crippen molar-refractivity contribution >= 4 is 23.6 Å². The number of piperazine rings is 1. The van der Waals surface area contributed by atoms with Gasteiger partial charge in [0.1, 0.15) is 12.4 Å². The molecule has 0 bridgehead atoms. The fourth-order valence-electron chi connectivity index (χ4n) is 3.89. The standard InChI is InChI=1S/C21H20FN3O4/c1-29-20(27)13-5-7-14(8-6-13)23-21(28)24-11-18-16-3-2-4-17(22)15(16)9-10-25(18)19(26)12-24/h2-8,18H,9-12H2,1H3,(H,23,28)/t18-/m0/s1. The quantitative estimate of drug-likeness (QED) is 0.790. The molecule has 7 nitrogen and oxygen atoms in total. The number of carbonyl (C=O) groups excluding carboxylic acids is 3. The molecule has 2 aromatic carbocycles. The molecule has 2 aliphatic heterocycles. The molecule has 0 spiro atoms. The van der Waals surface area contributed by atoms with Crippen molar-refractivity contribution in [2.75, 3.05) is 32.1 Å². The number of rotatable bonds is 2. The molecule has 1 N–H and O–H groups in total. The van der Waals surface area contributed by atoms with Crippen LogP contribution in [0, 0.1) is 5.82 Å². The zero-order valence-electron chi connectivity index (χ0n) is 15.9. The van der Waals surface area contributed by atoms with Crippen LogP contribution in [0.25, 0.3) is 0 Å². The first kappa shape index (κ1) is 18.9. The van der Waals surface area contributed by atoms with E-state index in [1.54, 1.807) is 35.2 Å². The molecule has 1 saturated heterocycles. The van der Waals surface area contributed by atoms with E-state index in [1.807, 2.05) is 6.07 Å². The molecule has 0 aromatic heterocycles. The summed E-state index contributed by atoms with van der Waals surface area (Å²) < 4.78 is 18.8. The lowest BCUT2D eigenvalue weighted by Gasteiger charge is -2.44. The molecule has 0 saturated carbocycles. The highest BCUT2D eigenvalue weighted by Crippen LogP contribution is 2.34. The van der Waals surface area contributed by atoms with Gasteiger partial charge >= 0.3 is 12.0 Å². The van der Waals surface area contributed by atoms with Crippen LogP contribution in [0.5, 0.6) is 0 Å². The van der Waals surface area contributed by atoms with E-state index in [9.17, 15) is 18.8 Å². The molecule has 1 atom stereocenters. The van der Waals surface area contributed by atoms with Crippen molar-refractivity contribution in [3.8, 4) is 0 Å². The summed E-state index contributed by atoms with van der Waals surface area (Å²) in [6.07, 6.45) is 0.475. The van der Waals surface area contributed by atoms with E-state index in [2.05, 4.69) is 10.1 Å². The third-order valence-electron chi connectivity index (χ3n) is 5.38. The molecule has 1 fully saturated rings. The first-order valence-corrected chi connectivity index (χ1v) is 9.29. The number of nitrogens with one attached hydrogen (secondary N) is 1. The average molecular weight is 397 g/mol. The van der Waals surface area contributed by atoms with Crippen molar-refractivity contribution < 1.29 is 23.5 Å². The van der Waals surface area contributed by atoms with Gasteiger partial charge in [0.15, 0.2) is 0 Å². The van der Waals surface area contributed by atoms with Gasteiger partial charge in [-0.3, -0.25) is 4.79 Å². The number of amides is 3. The number of urea groups is 1. The van der Waals surface area contributed by atoms with Crippen LogP contribution in [-0.4, -0.2) is 54.5 Å². The normalized spacial score (nSPS) is 18.0. The second-order valence-corrected chi connectivity index (χ2v) is 7.04. The average Bonchev–Trinajstić information content (AvgIpc) is 2.73. The third-order valence-corrected chi connectivity index (χ3v) is 5.38. The van der Waals surface area contributed by atoms with E-state index >= 15 is 0 Å². The van der Waals surface area contributed by atoms with Crippen LogP contribution < -0.4 is 5.32 Å². The van der Waals surface area contributed by atoms with Gasteiger partial charge in [-0.15, -0.1) is 0 Å². The number of carbonyl (C=O) groups is 3. The Kier molecular flexibility index (Phi) is 4.92. The summed E-state index contributed by atoms with van der Waals surface area (Å²) in [5, 5.41) is 2.74. The highest BCUT2D eigenvalue weighted by Gasteiger charge is 2.39. The predicted octanol–water partition coefficient (Wildman–Crippen LogP) is 2.59. The Labute approximate surface area is 167 Å². The summed E-state index contributed by atoms with van der Waals surface area (Å²) in [7, 11) is 1.30. The lowest BCUT2D eigenvalue weighted by molar-refractivity contribution is -0.139. The van der Waals surface area contributed by atoms with Crippen molar-refractivity contribution in [2.24, 2.45) is 0 Å². The molecule has 0 unspecified atom stereocenters. The molecular formula is C21H20FN3O4. The Hall–Kier alpha value is -3.42. The zero-order chi connectivity index (χ0) is 20.5. The number of hydrogen-bond donors (Lipinski definition) is 1. The van der Waals surface area contributed by atoms with E-state index in [0.29, 0.717) is 29.8 Å². The minimum atomic E-state index is -0.465. The zero-order valence-corrected chi connectivity index (χ0v) is 15.9. The molecule has 150 valence electrons. The second kappa shape index (κ2) is 7.54. The molecule has 2 heterocycles. The van der Waals surface area contributed by atoms with E-state index < -0.39 is 12.0 Å². The van der Waals surface area contributed by atoms with Crippen molar-refractivity contribution in [3.63, 3.8) is 0 Å². The number of hydrogen-bond acceptors (Lipinski definition) is 4. The smallest absolute Gasteiger partial charge is 0.337 e. The number of esters is 1. The third kappa shape index (κ3) is 3.53. The Bertz CT molecular complexity index is 976. The molecule has 8 heteroatoms. The van der Waals surface area contributed by atoms with E-state index in [1.165, 1.54) is 18.1 Å². The molecule has 3 amide bonds. The van der Waals surface area contributed by atoms with Gasteiger partial charge in [0.25, 0.3) is 0 Å². The van der Waals surface area contributed by atoms with Gasteiger partial charge in [-0.25, -0.2) is 14.0 Å². The fraction of sp³-hybridized carbons (Fsp3) is 0.286. The van der Waals surface area contributed by atoms with Crippen LogP contribution in [0.15, 0.2) is 42.5 Å². The minimum Gasteiger partial charge on any atom is -0.465 e. The SMILES string of the molecule is COC(=O)c1ccc(NC(=O)N2CC(=O)N3CCc4c(F)cccc4[C@@H]3C2)cc1. The molecule has 0 aliphatic carbocycles. The van der Waals surface area contributed by atoms with Gasteiger partial charge in [0.05, 0.1) is 18.7 Å². The number of benzene rings is 2. The number of fused-ring (bicyclic) bond motifs is 3. The van der Waals surface area contributed by atoms with Crippen LogP contribution in [-0.2, 0) is 16.0 Å². The summed E-state index contributed by atoms with van der Waals surface area (Å²) >= 11 is 0. The monoisotopic (exact) mass is 397 g/mol. The highest BCUT2D eigenvalue weighted by molar-refractivity contribution is 5.94. The largest absolute Gasteiger partial charge is 0.465 e. The lowest BCUT2D eigenvalue weighted by Crippen LogP contribution is -2.56.